The third kappa shape index (κ3) is 7.09. The first-order chi connectivity index (χ1) is 25.2. The number of carbonyl (C=O) groups is 7. The lowest BCUT2D eigenvalue weighted by atomic mass is 10.1. The molecule has 3 aromatic rings. The molecule has 5 atom stereocenters. The maximum absolute atomic E-state index is 13.4. The highest BCUT2D eigenvalue weighted by Gasteiger charge is 2.75. The molecule has 3 aliphatic rings. The fourth-order valence-corrected chi connectivity index (χ4v) is 7.45. The number of anilines is 2. The Morgan fingerprint density at radius 3 is 2.45 bits per heavy atom. The zero-order chi connectivity index (χ0) is 38.2. The Bertz CT molecular complexity index is 2100. The molecular formula is C29H31N12O11S+. The number of hydrogen-bond donors (Lipinski definition) is 9. The summed E-state index contributed by atoms with van der Waals surface area (Å²) in [5.41, 5.74) is 9.04. The van der Waals surface area contributed by atoms with E-state index in [1.807, 2.05) is 0 Å². The summed E-state index contributed by atoms with van der Waals surface area (Å²) in [5, 5.41) is 38.5. The van der Waals surface area contributed by atoms with Crippen LogP contribution in [-0.2, 0) is 35.3 Å². The first kappa shape index (κ1) is 36.4. The predicted molar refractivity (Wildman–Crippen MR) is 178 cm³/mol. The van der Waals surface area contributed by atoms with Crippen molar-refractivity contribution >= 4 is 76.3 Å². The number of aromatic nitrogens is 4. The van der Waals surface area contributed by atoms with Crippen molar-refractivity contribution in [1.29, 1.82) is 0 Å². The second-order valence-corrected chi connectivity index (χ2v) is 13.1. The maximum atomic E-state index is 13.4. The fraction of sp³-hybridized carbons (Fsp3) is 0.345. The molecule has 0 bridgehead atoms. The number of fused-ring (bicyclic) bond motifs is 1. The van der Waals surface area contributed by atoms with Gasteiger partial charge in [-0.05, 0) is 30.7 Å². The van der Waals surface area contributed by atoms with E-state index in [2.05, 4.69) is 41.3 Å². The van der Waals surface area contributed by atoms with Gasteiger partial charge in [-0.15, -0.1) is 10.0 Å². The lowest BCUT2D eigenvalue weighted by Crippen LogP contribution is -2.62. The van der Waals surface area contributed by atoms with Crippen LogP contribution in [0, 0.1) is 0 Å². The summed E-state index contributed by atoms with van der Waals surface area (Å²) in [6.07, 6.45) is -0.0369. The van der Waals surface area contributed by atoms with Crippen LogP contribution in [-0.4, -0.2) is 127 Å². The Kier molecular flexibility index (Phi) is 9.83. The van der Waals surface area contributed by atoms with Crippen molar-refractivity contribution in [3.63, 3.8) is 0 Å². The number of carboxylic acids is 3. The zero-order valence-electron chi connectivity index (χ0n) is 27.2. The number of benzene rings is 1. The van der Waals surface area contributed by atoms with E-state index in [4.69, 9.17) is 5.73 Å². The number of aliphatic carboxylic acids is 3. The fourth-order valence-electron chi connectivity index (χ4n) is 5.98. The molecule has 278 valence electrons. The van der Waals surface area contributed by atoms with Crippen LogP contribution in [0.25, 0.3) is 11.2 Å². The molecule has 23 nitrogen and oxygen atoms in total. The molecule has 24 heteroatoms. The minimum atomic E-state index is -1.48. The van der Waals surface area contributed by atoms with Crippen molar-refractivity contribution in [2.45, 2.75) is 50.0 Å². The Hall–Kier alpha value is -6.40. The average molecular weight is 756 g/mol. The van der Waals surface area contributed by atoms with E-state index in [1.165, 1.54) is 18.3 Å². The van der Waals surface area contributed by atoms with Gasteiger partial charge in [0.25, 0.3) is 17.4 Å². The first-order valence-electron chi connectivity index (χ1n) is 15.8. The van der Waals surface area contributed by atoms with Crippen LogP contribution in [0.3, 0.4) is 0 Å². The van der Waals surface area contributed by atoms with Gasteiger partial charge in [-0.25, -0.2) is 19.6 Å². The SMILES string of the molecule is Nc1nc2ncc(CNc3ccc(C(=O)N[C@H](CCC(=O)NC[C@@H]4N[N+]56SC[C@@H](C(=O)O)N5C(=O)[C@H](CC(=O)O)N6C4=O)C(=O)O)cc3)nc2c(=O)[nH]1. The number of H-pyrrole nitrogens is 1. The number of nitrogen functional groups attached to an aromatic ring is 1. The largest absolute Gasteiger partial charge is 0.481 e. The van der Waals surface area contributed by atoms with Gasteiger partial charge in [-0.3, -0.25) is 33.8 Å². The summed E-state index contributed by atoms with van der Waals surface area (Å²) >= 11 is 0.889. The monoisotopic (exact) mass is 755 g/mol. The van der Waals surface area contributed by atoms with Crippen molar-refractivity contribution < 1.29 is 53.1 Å². The summed E-state index contributed by atoms with van der Waals surface area (Å²) < 4.78 is -0.785. The van der Waals surface area contributed by atoms with Crippen molar-refractivity contribution in [1.82, 2.24) is 46.0 Å². The number of rotatable bonds is 14. The molecule has 10 N–H and O–H groups in total. The van der Waals surface area contributed by atoms with Crippen molar-refractivity contribution in [2.24, 2.45) is 0 Å². The number of nitrogens with two attached hydrogens (primary N) is 1. The number of nitrogens with one attached hydrogen (secondary N) is 5. The molecule has 2 aromatic heterocycles. The standard InChI is InChI=1S/C29H30N12O11S/c30-29-36-22-21(24(46)37-29)34-14(9-33-22)8-31-13-3-1-12(2-4-13)23(45)35-15(27(49)50)5-6-19(42)32-10-16-25(47)39-17(7-20(43)44)26(48)40-18(28(51)52)11-53-41(39,40)38-16/h1-4,9,15-18,38H,5-8,10-11H2,(H8-,30,31,32,33,35,36,37,42,43,44,45,46,49,50,51,52)/p+1/t15-,16+,17+,18+,41?/m1/s1. The van der Waals surface area contributed by atoms with Gasteiger partial charge in [0.05, 0.1) is 30.6 Å². The van der Waals surface area contributed by atoms with Crippen LogP contribution in [0.15, 0.2) is 35.3 Å². The van der Waals surface area contributed by atoms with Crippen LogP contribution in [0.5, 0.6) is 0 Å². The smallest absolute Gasteiger partial charge is 0.333 e. The highest BCUT2D eigenvalue weighted by Crippen LogP contribution is 2.47. The molecule has 3 saturated heterocycles. The maximum Gasteiger partial charge on any atom is 0.333 e. The Labute approximate surface area is 300 Å². The number of amides is 4. The van der Waals surface area contributed by atoms with E-state index in [0.29, 0.717) is 11.4 Å². The minimum absolute atomic E-state index is 0.0134. The van der Waals surface area contributed by atoms with Gasteiger partial charge in [0.1, 0.15) is 6.04 Å². The third-order valence-corrected chi connectivity index (χ3v) is 9.75. The normalized spacial score (nSPS) is 22.3. The van der Waals surface area contributed by atoms with Crippen LogP contribution < -0.4 is 32.7 Å². The quantitative estimate of drug-likeness (QED) is 0.0590. The van der Waals surface area contributed by atoms with Gasteiger partial charge in [-0.2, -0.15) is 4.98 Å². The molecule has 6 rings (SSSR count). The summed E-state index contributed by atoms with van der Waals surface area (Å²) in [5.74, 6) is -7.30. The predicted octanol–water partition coefficient (Wildman–Crippen LogP) is -2.85. The summed E-state index contributed by atoms with van der Waals surface area (Å²) in [6, 6.07) is 0.550. The van der Waals surface area contributed by atoms with Crippen LogP contribution in [0.2, 0.25) is 0 Å². The molecule has 4 amide bonds. The molecule has 0 saturated carbocycles. The second-order valence-electron chi connectivity index (χ2n) is 12.0. The van der Waals surface area contributed by atoms with Gasteiger partial charge in [0.15, 0.2) is 41.2 Å². The molecule has 0 radical (unpaired) electrons. The summed E-state index contributed by atoms with van der Waals surface area (Å²) in [7, 11) is 0. The molecular weight excluding hydrogens is 724 g/mol. The molecule has 3 fully saturated rings. The van der Waals surface area contributed by atoms with Gasteiger partial charge in [0.2, 0.25) is 11.9 Å². The molecule has 3 aliphatic heterocycles. The molecule has 1 aromatic carbocycles. The van der Waals surface area contributed by atoms with Crippen LogP contribution >= 0.6 is 11.9 Å². The number of hydrogen-bond acceptors (Lipinski definition) is 15. The first-order valence-corrected chi connectivity index (χ1v) is 16.7. The average Bonchev–Trinajstić information content (AvgIpc) is 3.69. The van der Waals surface area contributed by atoms with Gasteiger partial charge < -0.3 is 37.0 Å². The molecule has 1 unspecified atom stereocenters. The van der Waals surface area contributed by atoms with E-state index in [0.717, 1.165) is 22.0 Å². The summed E-state index contributed by atoms with van der Waals surface area (Å²) in [6.45, 7) is -0.186. The second kappa shape index (κ2) is 14.3. The van der Waals surface area contributed by atoms with Crippen molar-refractivity contribution in [2.75, 3.05) is 23.3 Å². The van der Waals surface area contributed by atoms with E-state index >= 15 is 0 Å². The van der Waals surface area contributed by atoms with E-state index in [1.54, 1.807) is 12.1 Å². The van der Waals surface area contributed by atoms with Crippen LogP contribution in [0.1, 0.15) is 35.3 Å². The van der Waals surface area contributed by atoms with E-state index in [-0.39, 0.29) is 54.4 Å². The summed E-state index contributed by atoms with van der Waals surface area (Å²) in [4.78, 5) is 114. The number of aromatic amines is 1. The van der Waals surface area contributed by atoms with E-state index in [9.17, 15) is 53.7 Å². The number of nitrogens with zero attached hydrogens (tertiary/aromatic N) is 6. The van der Waals surface area contributed by atoms with Crippen LogP contribution in [0.4, 0.5) is 11.6 Å². The highest BCUT2D eigenvalue weighted by molar-refractivity contribution is 7.94. The lowest BCUT2D eigenvalue weighted by molar-refractivity contribution is -1.01. The lowest BCUT2D eigenvalue weighted by Gasteiger charge is -2.30. The minimum Gasteiger partial charge on any atom is -0.481 e. The number of carbonyl (C=O) groups excluding carboxylic acids is 4. The zero-order valence-corrected chi connectivity index (χ0v) is 28.0. The number of carboxylic acid groups (broad SMARTS) is 3. The Morgan fingerprint density at radius 2 is 1.77 bits per heavy atom. The molecule has 5 heterocycles. The van der Waals surface area contributed by atoms with Gasteiger partial charge in [-0.1, -0.05) is 5.43 Å². The van der Waals surface area contributed by atoms with Crippen molar-refractivity contribution in [3.8, 4) is 0 Å². The molecule has 1 spiro atoms. The number of quaternary nitrogens is 1. The van der Waals surface area contributed by atoms with Gasteiger partial charge in [0, 0.05) is 28.4 Å². The molecule has 0 aliphatic carbocycles. The topological polar surface area (TPSA) is 332 Å². The molecule has 53 heavy (non-hydrogen) atoms. The third-order valence-electron chi connectivity index (χ3n) is 8.47. The van der Waals surface area contributed by atoms with Gasteiger partial charge >= 0.3 is 23.8 Å². The van der Waals surface area contributed by atoms with Crippen molar-refractivity contribution in [3.05, 3.63) is 52.1 Å². The van der Waals surface area contributed by atoms with E-state index < -0.39 is 81.9 Å². The highest BCUT2D eigenvalue weighted by atomic mass is 32.2. The Morgan fingerprint density at radius 1 is 1.04 bits per heavy atom. The Balaban J connectivity index is 1.00.